The van der Waals surface area contributed by atoms with E-state index in [9.17, 15) is 0 Å². The number of aryl methyl sites for hydroxylation is 2. The second-order valence-electron chi connectivity index (χ2n) is 7.59. The third kappa shape index (κ3) is 3.24. The zero-order valence-corrected chi connectivity index (χ0v) is 16.0. The highest BCUT2D eigenvalue weighted by Gasteiger charge is 2.40. The minimum Gasteiger partial charge on any atom is -0.477 e. The number of aromatic amines is 1. The quantitative estimate of drug-likeness (QED) is 0.547. The highest BCUT2D eigenvalue weighted by atomic mass is 16.5. The van der Waals surface area contributed by atoms with Crippen LogP contribution in [0.15, 0.2) is 55.0 Å². The van der Waals surface area contributed by atoms with Gasteiger partial charge >= 0.3 is 0 Å². The van der Waals surface area contributed by atoms with Crippen LogP contribution >= 0.6 is 0 Å². The summed E-state index contributed by atoms with van der Waals surface area (Å²) in [7, 11) is 0. The molecule has 0 spiro atoms. The highest BCUT2D eigenvalue weighted by Crippen LogP contribution is 2.47. The first-order chi connectivity index (χ1) is 13.7. The number of hydrogen-bond acceptors (Lipinski definition) is 4. The number of fused-ring (bicyclic) bond motifs is 1. The molecule has 0 amide bonds. The molecule has 5 heteroatoms. The Bertz CT molecular complexity index is 1130. The topological polar surface area (TPSA) is 63.7 Å². The van der Waals surface area contributed by atoms with Gasteiger partial charge in [-0.3, -0.25) is 4.98 Å². The first kappa shape index (κ1) is 16.9. The summed E-state index contributed by atoms with van der Waals surface area (Å²) in [5.74, 6) is 2.35. The number of nitrogens with one attached hydrogen (secondary N) is 1. The molecule has 1 aliphatic rings. The first-order valence-corrected chi connectivity index (χ1v) is 9.64. The molecule has 0 saturated heterocycles. The Morgan fingerprint density at radius 3 is 2.86 bits per heavy atom. The summed E-state index contributed by atoms with van der Waals surface area (Å²) >= 11 is 0. The van der Waals surface area contributed by atoms with E-state index in [1.54, 1.807) is 0 Å². The molecule has 0 bridgehead atoms. The van der Waals surface area contributed by atoms with Gasteiger partial charge < -0.3 is 9.72 Å². The number of rotatable bonds is 5. The van der Waals surface area contributed by atoms with Gasteiger partial charge in [0.2, 0.25) is 5.88 Å². The van der Waals surface area contributed by atoms with Gasteiger partial charge in [-0.15, -0.1) is 0 Å². The Hall–Kier alpha value is -3.21. The zero-order chi connectivity index (χ0) is 19.1. The molecule has 28 heavy (non-hydrogen) atoms. The maximum Gasteiger partial charge on any atom is 0.224 e. The van der Waals surface area contributed by atoms with Crippen LogP contribution in [0.5, 0.6) is 5.88 Å². The van der Waals surface area contributed by atoms with Gasteiger partial charge in [0.05, 0.1) is 12.2 Å². The third-order valence-corrected chi connectivity index (χ3v) is 5.41. The van der Waals surface area contributed by atoms with Crippen LogP contribution in [0, 0.1) is 19.8 Å². The van der Waals surface area contributed by atoms with E-state index in [1.807, 2.05) is 25.5 Å². The molecule has 1 saturated carbocycles. The van der Waals surface area contributed by atoms with Crippen LogP contribution in [0.25, 0.3) is 22.0 Å². The lowest BCUT2D eigenvalue weighted by atomic mass is 10.1. The van der Waals surface area contributed by atoms with Gasteiger partial charge in [-0.1, -0.05) is 12.1 Å². The molecule has 1 aliphatic carbocycles. The lowest BCUT2D eigenvalue weighted by molar-refractivity contribution is 0.285. The van der Waals surface area contributed by atoms with E-state index < -0.39 is 0 Å². The summed E-state index contributed by atoms with van der Waals surface area (Å²) in [6.45, 7) is 4.60. The zero-order valence-electron chi connectivity index (χ0n) is 16.0. The van der Waals surface area contributed by atoms with Crippen LogP contribution in [0.4, 0.5) is 0 Å². The minimum atomic E-state index is 0.489. The van der Waals surface area contributed by atoms with Crippen molar-refractivity contribution in [2.24, 2.45) is 5.92 Å². The normalized spacial score (nSPS) is 18.4. The standard InChI is InChI=1S/C23H22N4O/c1-14-3-5-22(26-11-14)19-10-18(19)13-28-23-20(12-25-15(2)27-23)16-4-6-21-17(9-16)7-8-24-21/h3-9,11-12,18-19,24H,10,13H2,1-2H3/t18-,19?/m1/s1. The van der Waals surface area contributed by atoms with Crippen molar-refractivity contribution in [2.75, 3.05) is 6.61 Å². The van der Waals surface area contributed by atoms with Crippen molar-refractivity contribution < 1.29 is 4.74 Å². The van der Waals surface area contributed by atoms with Gasteiger partial charge in [0, 0.05) is 41.6 Å². The largest absolute Gasteiger partial charge is 0.477 e. The summed E-state index contributed by atoms with van der Waals surface area (Å²) < 4.78 is 6.18. The Kier molecular flexibility index (Phi) is 4.08. The molecular formula is C23H22N4O. The Morgan fingerprint density at radius 2 is 2.00 bits per heavy atom. The van der Waals surface area contributed by atoms with Gasteiger partial charge in [-0.05, 0) is 61.0 Å². The van der Waals surface area contributed by atoms with E-state index in [1.165, 1.54) is 5.56 Å². The number of ether oxygens (including phenoxy) is 1. The second-order valence-corrected chi connectivity index (χ2v) is 7.59. The van der Waals surface area contributed by atoms with Crippen LogP contribution in [-0.4, -0.2) is 26.5 Å². The van der Waals surface area contributed by atoms with Crippen molar-refractivity contribution in [3.8, 4) is 17.0 Å². The SMILES string of the molecule is Cc1ccc(C2C[C@@H]2COc2nc(C)ncc2-c2ccc3[nH]ccc3c2)nc1. The fourth-order valence-corrected chi connectivity index (χ4v) is 3.66. The Morgan fingerprint density at radius 1 is 1.07 bits per heavy atom. The summed E-state index contributed by atoms with van der Waals surface area (Å²) in [6, 6.07) is 12.6. The Labute approximate surface area is 163 Å². The van der Waals surface area contributed by atoms with Crippen molar-refractivity contribution in [1.29, 1.82) is 0 Å². The molecule has 1 N–H and O–H groups in total. The van der Waals surface area contributed by atoms with Gasteiger partial charge in [0.1, 0.15) is 5.82 Å². The predicted octanol–water partition coefficient (Wildman–Crippen LogP) is 4.82. The van der Waals surface area contributed by atoms with Gasteiger partial charge in [0.25, 0.3) is 0 Å². The molecule has 2 atom stereocenters. The number of pyridine rings is 1. The van der Waals surface area contributed by atoms with Crippen LogP contribution in [0.3, 0.4) is 0 Å². The molecule has 140 valence electrons. The maximum absolute atomic E-state index is 6.18. The second kappa shape index (κ2) is 6.75. The molecule has 0 radical (unpaired) electrons. The monoisotopic (exact) mass is 370 g/mol. The van der Waals surface area contributed by atoms with Crippen molar-refractivity contribution >= 4 is 10.9 Å². The molecule has 5 nitrogen and oxygen atoms in total. The van der Waals surface area contributed by atoms with E-state index in [0.29, 0.717) is 30.1 Å². The van der Waals surface area contributed by atoms with E-state index in [4.69, 9.17) is 4.74 Å². The van der Waals surface area contributed by atoms with Crippen molar-refractivity contribution in [3.05, 3.63) is 72.1 Å². The maximum atomic E-state index is 6.18. The predicted molar refractivity (Wildman–Crippen MR) is 109 cm³/mol. The van der Waals surface area contributed by atoms with E-state index in [-0.39, 0.29) is 0 Å². The molecule has 1 unspecified atom stereocenters. The molecule has 5 rings (SSSR count). The number of aromatic nitrogens is 4. The molecule has 4 aromatic rings. The smallest absolute Gasteiger partial charge is 0.224 e. The molecule has 1 fully saturated rings. The molecule has 3 heterocycles. The van der Waals surface area contributed by atoms with Gasteiger partial charge in [-0.2, -0.15) is 4.98 Å². The van der Waals surface area contributed by atoms with Crippen LogP contribution in [0.1, 0.15) is 29.4 Å². The first-order valence-electron chi connectivity index (χ1n) is 9.64. The summed E-state index contributed by atoms with van der Waals surface area (Å²) in [4.78, 5) is 16.7. The van der Waals surface area contributed by atoms with E-state index in [0.717, 1.165) is 34.1 Å². The number of hydrogen-bond donors (Lipinski definition) is 1. The molecule has 0 aliphatic heterocycles. The number of nitrogens with zero attached hydrogens (tertiary/aromatic N) is 3. The Balaban J connectivity index is 1.35. The average molecular weight is 370 g/mol. The summed E-state index contributed by atoms with van der Waals surface area (Å²) in [6.07, 6.45) is 6.86. The fourth-order valence-electron chi connectivity index (χ4n) is 3.66. The minimum absolute atomic E-state index is 0.489. The van der Waals surface area contributed by atoms with Gasteiger partial charge in [0.15, 0.2) is 0 Å². The molecule has 1 aromatic carbocycles. The number of benzene rings is 1. The number of H-pyrrole nitrogens is 1. The lowest BCUT2D eigenvalue weighted by Crippen LogP contribution is -2.05. The molecular weight excluding hydrogens is 348 g/mol. The van der Waals surface area contributed by atoms with Crippen molar-refractivity contribution in [2.45, 2.75) is 26.2 Å². The fraction of sp³-hybridized carbons (Fsp3) is 0.261. The van der Waals surface area contributed by atoms with Crippen molar-refractivity contribution in [1.82, 2.24) is 19.9 Å². The van der Waals surface area contributed by atoms with Gasteiger partial charge in [-0.25, -0.2) is 4.98 Å². The molecule has 3 aromatic heterocycles. The lowest BCUT2D eigenvalue weighted by Gasteiger charge is -2.11. The van der Waals surface area contributed by atoms with Crippen molar-refractivity contribution in [3.63, 3.8) is 0 Å². The van der Waals surface area contributed by atoms with Crippen LogP contribution in [0.2, 0.25) is 0 Å². The summed E-state index contributed by atoms with van der Waals surface area (Å²) in [5.41, 5.74) is 5.47. The van der Waals surface area contributed by atoms with E-state index in [2.05, 4.69) is 63.3 Å². The third-order valence-electron chi connectivity index (χ3n) is 5.41. The summed E-state index contributed by atoms with van der Waals surface area (Å²) in [5, 5.41) is 1.16. The van der Waals surface area contributed by atoms with Crippen LogP contribution in [-0.2, 0) is 0 Å². The van der Waals surface area contributed by atoms with Crippen LogP contribution < -0.4 is 4.74 Å². The highest BCUT2D eigenvalue weighted by molar-refractivity contribution is 5.85. The average Bonchev–Trinajstić information content (AvgIpc) is 3.32. The van der Waals surface area contributed by atoms with E-state index >= 15 is 0 Å².